The molecule has 0 amide bonds. The number of benzene rings is 2. The molecule has 0 saturated carbocycles. The van der Waals surface area contributed by atoms with Gasteiger partial charge in [0.1, 0.15) is 29.4 Å². The van der Waals surface area contributed by atoms with E-state index in [-0.39, 0.29) is 5.78 Å². The van der Waals surface area contributed by atoms with Gasteiger partial charge in [-0.2, -0.15) is 0 Å². The Bertz CT molecular complexity index is 977. The smallest absolute Gasteiger partial charge is 0.203 e. The summed E-state index contributed by atoms with van der Waals surface area (Å²) in [7, 11) is 7.64. The second-order valence-corrected chi connectivity index (χ2v) is 6.95. The summed E-state index contributed by atoms with van der Waals surface area (Å²) in [6, 6.07) is 6.82. The van der Waals surface area contributed by atoms with E-state index in [4.69, 9.17) is 28.4 Å². The Morgan fingerprint density at radius 2 is 1.38 bits per heavy atom. The monoisotopic (exact) mass is 442 g/mol. The summed E-state index contributed by atoms with van der Waals surface area (Å²) in [5.41, 5.74) is 2.11. The molecular formula is C25H30O7. The fraction of sp³-hybridized carbons (Fsp3) is 0.320. The first-order valence-corrected chi connectivity index (χ1v) is 9.93. The third-order valence-electron chi connectivity index (χ3n) is 4.59. The molecule has 0 saturated heterocycles. The average Bonchev–Trinajstić information content (AvgIpc) is 2.80. The summed E-state index contributed by atoms with van der Waals surface area (Å²) in [5, 5.41) is 0. The van der Waals surface area contributed by atoms with Gasteiger partial charge in [0.25, 0.3) is 0 Å². The van der Waals surface area contributed by atoms with Crippen molar-refractivity contribution in [2.75, 3.05) is 42.2 Å². The van der Waals surface area contributed by atoms with Gasteiger partial charge in [-0.1, -0.05) is 11.6 Å². The molecule has 172 valence electrons. The standard InChI is InChI=1S/C25H30O7/c1-16(2)10-11-32-21-15-18(27-3)14-20(28-4)24(21)19(26)9-8-17-12-22(29-5)25(31-7)23(13-17)30-6/h8-10,12-15H,11H2,1-7H3/b9-8+. The highest BCUT2D eigenvalue weighted by atomic mass is 16.5. The number of carbonyl (C=O) groups is 1. The Labute approximate surface area is 189 Å². The summed E-state index contributed by atoms with van der Waals surface area (Å²) in [6.45, 7) is 4.26. The minimum atomic E-state index is -0.287. The Morgan fingerprint density at radius 3 is 1.88 bits per heavy atom. The first kappa shape index (κ1) is 24.7. The van der Waals surface area contributed by atoms with Crippen LogP contribution in [0.5, 0.6) is 34.5 Å². The van der Waals surface area contributed by atoms with Gasteiger partial charge < -0.3 is 28.4 Å². The number of methoxy groups -OCH3 is 5. The number of carbonyl (C=O) groups excluding carboxylic acids is 1. The number of allylic oxidation sites excluding steroid dienone is 2. The van der Waals surface area contributed by atoms with E-state index < -0.39 is 0 Å². The number of hydrogen-bond acceptors (Lipinski definition) is 7. The normalized spacial score (nSPS) is 10.5. The maximum Gasteiger partial charge on any atom is 0.203 e. The number of rotatable bonds is 11. The van der Waals surface area contributed by atoms with Gasteiger partial charge in [-0.15, -0.1) is 0 Å². The minimum absolute atomic E-state index is 0.287. The lowest BCUT2D eigenvalue weighted by Gasteiger charge is -2.15. The molecule has 0 aliphatic rings. The van der Waals surface area contributed by atoms with E-state index >= 15 is 0 Å². The maximum atomic E-state index is 13.2. The first-order valence-electron chi connectivity index (χ1n) is 9.93. The summed E-state index contributed by atoms with van der Waals surface area (Å²) in [5.74, 6) is 2.43. The third-order valence-corrected chi connectivity index (χ3v) is 4.59. The molecule has 2 aromatic rings. The molecule has 0 bridgehead atoms. The Kier molecular flexibility index (Phi) is 9.01. The van der Waals surface area contributed by atoms with Gasteiger partial charge in [-0.3, -0.25) is 4.79 Å². The fourth-order valence-corrected chi connectivity index (χ4v) is 2.95. The molecule has 0 unspecified atom stereocenters. The van der Waals surface area contributed by atoms with E-state index in [1.165, 1.54) is 34.5 Å². The van der Waals surface area contributed by atoms with Crippen molar-refractivity contribution in [3.05, 3.63) is 53.1 Å². The molecule has 7 heteroatoms. The summed E-state index contributed by atoms with van der Waals surface area (Å²) in [6.07, 6.45) is 5.03. The van der Waals surface area contributed by atoms with Crippen molar-refractivity contribution in [2.45, 2.75) is 13.8 Å². The van der Waals surface area contributed by atoms with Crippen molar-refractivity contribution in [3.8, 4) is 34.5 Å². The molecule has 0 aliphatic carbocycles. The van der Waals surface area contributed by atoms with E-state index in [2.05, 4.69) is 0 Å². The van der Waals surface area contributed by atoms with E-state index in [9.17, 15) is 4.79 Å². The van der Waals surface area contributed by atoms with Gasteiger partial charge in [0.05, 0.1) is 35.5 Å². The maximum absolute atomic E-state index is 13.2. The van der Waals surface area contributed by atoms with Gasteiger partial charge in [0.15, 0.2) is 17.3 Å². The van der Waals surface area contributed by atoms with Crippen LogP contribution in [0.15, 0.2) is 42.0 Å². The molecule has 0 N–H and O–H groups in total. The minimum Gasteiger partial charge on any atom is -0.496 e. The highest BCUT2D eigenvalue weighted by Gasteiger charge is 2.19. The van der Waals surface area contributed by atoms with Gasteiger partial charge >= 0.3 is 0 Å². The highest BCUT2D eigenvalue weighted by Crippen LogP contribution is 2.39. The van der Waals surface area contributed by atoms with Crippen molar-refractivity contribution < 1.29 is 33.2 Å². The number of ether oxygens (including phenoxy) is 6. The predicted octanol–water partition coefficient (Wildman–Crippen LogP) is 4.97. The van der Waals surface area contributed by atoms with Crippen LogP contribution < -0.4 is 28.4 Å². The number of hydrogen-bond donors (Lipinski definition) is 0. The number of ketones is 1. The summed E-state index contributed by atoms with van der Waals surface area (Å²) < 4.78 is 32.7. The van der Waals surface area contributed by atoms with Crippen molar-refractivity contribution in [1.29, 1.82) is 0 Å². The predicted molar refractivity (Wildman–Crippen MR) is 124 cm³/mol. The molecule has 0 fully saturated rings. The van der Waals surface area contributed by atoms with Gasteiger partial charge in [-0.25, -0.2) is 0 Å². The molecule has 0 spiro atoms. The van der Waals surface area contributed by atoms with Crippen LogP contribution in [0.3, 0.4) is 0 Å². The summed E-state index contributed by atoms with van der Waals surface area (Å²) >= 11 is 0. The van der Waals surface area contributed by atoms with Gasteiger partial charge in [-0.05, 0) is 43.7 Å². The zero-order valence-corrected chi connectivity index (χ0v) is 19.6. The second kappa shape index (κ2) is 11.7. The van der Waals surface area contributed by atoms with Crippen molar-refractivity contribution >= 4 is 11.9 Å². The second-order valence-electron chi connectivity index (χ2n) is 6.95. The van der Waals surface area contributed by atoms with Crippen LogP contribution in [0.1, 0.15) is 29.8 Å². The van der Waals surface area contributed by atoms with Crippen LogP contribution in [0.2, 0.25) is 0 Å². The fourth-order valence-electron chi connectivity index (χ4n) is 2.95. The Balaban J connectivity index is 2.46. The van der Waals surface area contributed by atoms with Crippen LogP contribution in [-0.4, -0.2) is 47.9 Å². The van der Waals surface area contributed by atoms with E-state index in [0.29, 0.717) is 52.2 Å². The zero-order valence-electron chi connectivity index (χ0n) is 19.6. The van der Waals surface area contributed by atoms with E-state index in [1.807, 2.05) is 19.9 Å². The summed E-state index contributed by atoms with van der Waals surface area (Å²) in [4.78, 5) is 13.2. The lowest BCUT2D eigenvalue weighted by molar-refractivity contribution is 0.104. The topological polar surface area (TPSA) is 72.5 Å². The zero-order chi connectivity index (χ0) is 23.7. The van der Waals surface area contributed by atoms with Crippen LogP contribution in [0.25, 0.3) is 6.08 Å². The lowest BCUT2D eigenvalue weighted by Crippen LogP contribution is -2.06. The first-order chi connectivity index (χ1) is 15.4. The van der Waals surface area contributed by atoms with Gasteiger partial charge in [0, 0.05) is 12.1 Å². The molecule has 0 aliphatic heterocycles. The molecule has 7 nitrogen and oxygen atoms in total. The molecule has 2 aromatic carbocycles. The molecule has 2 rings (SSSR count). The van der Waals surface area contributed by atoms with E-state index in [0.717, 1.165) is 5.57 Å². The Hall–Kier alpha value is -3.61. The molecule has 0 radical (unpaired) electrons. The lowest BCUT2D eigenvalue weighted by atomic mass is 10.1. The van der Waals surface area contributed by atoms with Crippen LogP contribution in [0.4, 0.5) is 0 Å². The largest absolute Gasteiger partial charge is 0.496 e. The quantitative estimate of drug-likeness (QED) is 0.276. The van der Waals surface area contributed by atoms with Crippen molar-refractivity contribution in [2.24, 2.45) is 0 Å². The van der Waals surface area contributed by atoms with Crippen LogP contribution in [0, 0.1) is 0 Å². The molecule has 0 aromatic heterocycles. The van der Waals surface area contributed by atoms with E-state index in [1.54, 1.807) is 37.5 Å². The molecule has 32 heavy (non-hydrogen) atoms. The molecule has 0 atom stereocenters. The average molecular weight is 443 g/mol. The molecular weight excluding hydrogens is 412 g/mol. The van der Waals surface area contributed by atoms with Crippen molar-refractivity contribution in [1.82, 2.24) is 0 Å². The Morgan fingerprint density at radius 1 is 0.781 bits per heavy atom. The van der Waals surface area contributed by atoms with Gasteiger partial charge in [0.2, 0.25) is 5.75 Å². The molecule has 0 heterocycles. The van der Waals surface area contributed by atoms with Crippen molar-refractivity contribution in [3.63, 3.8) is 0 Å². The SMILES string of the molecule is COc1cc(OC)c(C(=O)/C=C/c2cc(OC)c(OC)c(OC)c2)c(OCC=C(C)C)c1. The van der Waals surface area contributed by atoms with Crippen LogP contribution in [-0.2, 0) is 0 Å². The highest BCUT2D eigenvalue weighted by molar-refractivity contribution is 6.10. The third kappa shape index (κ3) is 5.97. The van der Waals surface area contributed by atoms with Crippen LogP contribution >= 0.6 is 0 Å².